The van der Waals surface area contributed by atoms with Crippen LogP contribution in [0, 0.1) is 5.92 Å². The van der Waals surface area contributed by atoms with E-state index in [0.29, 0.717) is 6.54 Å². The van der Waals surface area contributed by atoms with Crippen molar-refractivity contribution in [3.05, 3.63) is 0 Å². The Morgan fingerprint density at radius 3 is 2.47 bits per heavy atom. The summed E-state index contributed by atoms with van der Waals surface area (Å²) < 4.78 is 0. The molecule has 0 aliphatic heterocycles. The summed E-state index contributed by atoms with van der Waals surface area (Å²) in [6, 6.07) is 0. The molecule has 1 rings (SSSR count). The molecule has 1 fully saturated rings. The van der Waals surface area contributed by atoms with Crippen LogP contribution in [0.3, 0.4) is 0 Å². The molecule has 4 nitrogen and oxygen atoms in total. The topological polar surface area (TPSA) is 58.4 Å². The van der Waals surface area contributed by atoms with Crippen molar-refractivity contribution in [3.8, 4) is 0 Å². The molecular formula is C13H27N3O. The number of carbonyl (C=O) groups excluding carboxylic acids is 1. The standard InChI is InChI=1S/C13H27N3O/c1-13(15-2,12(14)17)10-16(3)9-11-7-5-4-6-8-11/h11,15H,4-10H2,1-3H3,(H2,14,17). The van der Waals surface area contributed by atoms with Crippen molar-refractivity contribution in [1.29, 1.82) is 0 Å². The summed E-state index contributed by atoms with van der Waals surface area (Å²) in [6.45, 7) is 3.62. The zero-order chi connectivity index (χ0) is 12.9. The maximum Gasteiger partial charge on any atom is 0.238 e. The summed E-state index contributed by atoms with van der Waals surface area (Å²) in [5, 5.41) is 3.03. The normalized spacial score (nSPS) is 21.4. The summed E-state index contributed by atoms with van der Waals surface area (Å²) in [5.74, 6) is 0.512. The van der Waals surface area contributed by atoms with Gasteiger partial charge in [-0.1, -0.05) is 19.3 Å². The highest BCUT2D eigenvalue weighted by Gasteiger charge is 2.31. The Morgan fingerprint density at radius 1 is 1.41 bits per heavy atom. The van der Waals surface area contributed by atoms with Gasteiger partial charge in [-0.05, 0) is 39.8 Å². The van der Waals surface area contributed by atoms with E-state index in [-0.39, 0.29) is 5.91 Å². The van der Waals surface area contributed by atoms with Gasteiger partial charge < -0.3 is 16.0 Å². The largest absolute Gasteiger partial charge is 0.368 e. The van der Waals surface area contributed by atoms with E-state index >= 15 is 0 Å². The monoisotopic (exact) mass is 241 g/mol. The third-order valence-corrected chi connectivity index (χ3v) is 3.98. The fourth-order valence-electron chi connectivity index (χ4n) is 2.70. The van der Waals surface area contributed by atoms with E-state index in [2.05, 4.69) is 17.3 Å². The second-order valence-electron chi connectivity index (χ2n) is 5.65. The zero-order valence-electron chi connectivity index (χ0n) is 11.5. The lowest BCUT2D eigenvalue weighted by molar-refractivity contribution is -0.124. The van der Waals surface area contributed by atoms with Gasteiger partial charge >= 0.3 is 0 Å². The number of nitrogens with one attached hydrogen (secondary N) is 1. The minimum atomic E-state index is -0.622. The maximum absolute atomic E-state index is 11.4. The third kappa shape index (κ3) is 4.28. The Bertz CT molecular complexity index is 251. The molecule has 0 spiro atoms. The molecular weight excluding hydrogens is 214 g/mol. The van der Waals surface area contributed by atoms with E-state index in [0.717, 1.165) is 12.5 Å². The maximum atomic E-state index is 11.4. The second kappa shape index (κ2) is 6.36. The van der Waals surface area contributed by atoms with E-state index in [1.54, 1.807) is 7.05 Å². The van der Waals surface area contributed by atoms with Crippen LogP contribution in [0.15, 0.2) is 0 Å². The van der Waals surface area contributed by atoms with Gasteiger partial charge in [0.25, 0.3) is 0 Å². The van der Waals surface area contributed by atoms with Crippen molar-refractivity contribution < 1.29 is 4.79 Å². The van der Waals surface area contributed by atoms with Crippen molar-refractivity contribution in [3.63, 3.8) is 0 Å². The quantitative estimate of drug-likeness (QED) is 0.728. The lowest BCUT2D eigenvalue weighted by Crippen LogP contribution is -2.58. The van der Waals surface area contributed by atoms with Gasteiger partial charge in [0.15, 0.2) is 0 Å². The van der Waals surface area contributed by atoms with Gasteiger partial charge in [-0.25, -0.2) is 0 Å². The van der Waals surface area contributed by atoms with Gasteiger partial charge in [-0.15, -0.1) is 0 Å². The van der Waals surface area contributed by atoms with Crippen molar-refractivity contribution in [1.82, 2.24) is 10.2 Å². The Labute approximate surface area is 105 Å². The number of hydrogen-bond acceptors (Lipinski definition) is 3. The molecule has 0 radical (unpaired) electrons. The second-order valence-corrected chi connectivity index (χ2v) is 5.65. The molecule has 1 unspecified atom stereocenters. The van der Waals surface area contributed by atoms with Crippen molar-refractivity contribution in [2.75, 3.05) is 27.2 Å². The average Bonchev–Trinajstić information content (AvgIpc) is 2.29. The number of rotatable bonds is 6. The van der Waals surface area contributed by atoms with Gasteiger partial charge in [0, 0.05) is 13.1 Å². The number of amides is 1. The lowest BCUT2D eigenvalue weighted by Gasteiger charge is -2.33. The van der Waals surface area contributed by atoms with Gasteiger partial charge in [-0.3, -0.25) is 4.79 Å². The lowest BCUT2D eigenvalue weighted by atomic mass is 9.88. The van der Waals surface area contributed by atoms with Crippen LogP contribution < -0.4 is 11.1 Å². The van der Waals surface area contributed by atoms with Crippen LogP contribution in [0.1, 0.15) is 39.0 Å². The molecule has 1 aliphatic rings. The predicted molar refractivity (Wildman–Crippen MR) is 70.7 cm³/mol. The Balaban J connectivity index is 2.41. The van der Waals surface area contributed by atoms with Gasteiger partial charge in [-0.2, -0.15) is 0 Å². The molecule has 0 saturated heterocycles. The third-order valence-electron chi connectivity index (χ3n) is 3.98. The molecule has 0 bridgehead atoms. The van der Waals surface area contributed by atoms with E-state index < -0.39 is 5.54 Å². The molecule has 0 aromatic heterocycles. The first-order valence-corrected chi connectivity index (χ1v) is 6.65. The van der Waals surface area contributed by atoms with Gasteiger partial charge in [0.2, 0.25) is 5.91 Å². The number of carbonyl (C=O) groups is 1. The van der Waals surface area contributed by atoms with Crippen molar-refractivity contribution in [2.24, 2.45) is 11.7 Å². The Kier molecular flexibility index (Phi) is 5.40. The van der Waals surface area contributed by atoms with Crippen LogP contribution in [-0.2, 0) is 4.79 Å². The highest BCUT2D eigenvalue weighted by molar-refractivity contribution is 5.84. The van der Waals surface area contributed by atoms with Gasteiger partial charge in [0.05, 0.1) is 0 Å². The predicted octanol–water partition coefficient (Wildman–Crippen LogP) is 0.962. The summed E-state index contributed by atoms with van der Waals surface area (Å²) >= 11 is 0. The molecule has 3 N–H and O–H groups in total. The van der Waals surface area contributed by atoms with Crippen LogP contribution in [0.25, 0.3) is 0 Å². The van der Waals surface area contributed by atoms with E-state index in [9.17, 15) is 4.79 Å². The smallest absolute Gasteiger partial charge is 0.238 e. The number of primary amides is 1. The molecule has 0 aromatic carbocycles. The average molecular weight is 241 g/mol. The molecule has 1 amide bonds. The van der Waals surface area contributed by atoms with Crippen LogP contribution in [0.4, 0.5) is 0 Å². The SMILES string of the molecule is CNC(C)(CN(C)CC1CCCCC1)C(N)=O. The highest BCUT2D eigenvalue weighted by Crippen LogP contribution is 2.24. The van der Waals surface area contributed by atoms with Crippen LogP contribution in [0.5, 0.6) is 0 Å². The number of likely N-dealkylation sites (N-methyl/N-ethyl adjacent to an activating group) is 2. The molecule has 0 aromatic rings. The van der Waals surface area contributed by atoms with Gasteiger partial charge in [0.1, 0.15) is 5.54 Å². The first-order valence-electron chi connectivity index (χ1n) is 6.65. The molecule has 4 heteroatoms. The first kappa shape index (κ1) is 14.5. The van der Waals surface area contributed by atoms with Crippen LogP contribution in [-0.4, -0.2) is 43.5 Å². The fraction of sp³-hybridized carbons (Fsp3) is 0.923. The minimum Gasteiger partial charge on any atom is -0.368 e. The first-order chi connectivity index (χ1) is 7.98. The fourth-order valence-corrected chi connectivity index (χ4v) is 2.70. The van der Waals surface area contributed by atoms with E-state index in [4.69, 9.17) is 5.73 Å². The number of hydrogen-bond donors (Lipinski definition) is 2. The molecule has 1 atom stereocenters. The Hall–Kier alpha value is -0.610. The number of nitrogens with two attached hydrogens (primary N) is 1. The van der Waals surface area contributed by atoms with Crippen molar-refractivity contribution in [2.45, 2.75) is 44.6 Å². The Morgan fingerprint density at radius 2 is 2.00 bits per heavy atom. The van der Waals surface area contributed by atoms with E-state index in [1.807, 2.05) is 6.92 Å². The summed E-state index contributed by atoms with van der Waals surface area (Å²) in [7, 11) is 3.87. The summed E-state index contributed by atoms with van der Waals surface area (Å²) in [4.78, 5) is 13.6. The molecule has 1 saturated carbocycles. The molecule has 100 valence electrons. The van der Waals surface area contributed by atoms with Crippen LogP contribution in [0.2, 0.25) is 0 Å². The molecule has 17 heavy (non-hydrogen) atoms. The highest BCUT2D eigenvalue weighted by atomic mass is 16.1. The van der Waals surface area contributed by atoms with E-state index in [1.165, 1.54) is 32.1 Å². The van der Waals surface area contributed by atoms with Crippen molar-refractivity contribution >= 4 is 5.91 Å². The number of nitrogens with zero attached hydrogens (tertiary/aromatic N) is 1. The van der Waals surface area contributed by atoms with Crippen LogP contribution >= 0.6 is 0 Å². The summed E-state index contributed by atoms with van der Waals surface area (Å²) in [6.07, 6.45) is 6.76. The molecule has 1 aliphatic carbocycles. The molecule has 0 heterocycles. The summed E-state index contributed by atoms with van der Waals surface area (Å²) in [5.41, 5.74) is 4.81. The zero-order valence-corrected chi connectivity index (χ0v) is 11.5. The minimum absolute atomic E-state index is 0.282.